The maximum Gasteiger partial charge on any atom is 0.308 e. The monoisotopic (exact) mass is 357 g/mol. The van der Waals surface area contributed by atoms with Gasteiger partial charge in [0.05, 0.1) is 34.3 Å². The summed E-state index contributed by atoms with van der Waals surface area (Å²) < 4.78 is 20.6. The third-order valence-corrected chi connectivity index (χ3v) is 6.00. The molecule has 0 amide bonds. The van der Waals surface area contributed by atoms with Crippen LogP contribution in [0.2, 0.25) is 5.02 Å². The molecular formula is C17H24ClNO3S. The molecule has 2 unspecified atom stereocenters. The molecule has 1 aromatic carbocycles. The summed E-state index contributed by atoms with van der Waals surface area (Å²) in [6, 6.07) is 5.73. The van der Waals surface area contributed by atoms with Crippen LogP contribution in [0.25, 0.3) is 0 Å². The SMILES string of the molecule is CCOC(=O)CC1(NS(=O)C(C)(C)C)CCc2cccc(Cl)c21. The van der Waals surface area contributed by atoms with Crippen molar-refractivity contribution < 1.29 is 13.7 Å². The van der Waals surface area contributed by atoms with Gasteiger partial charge >= 0.3 is 5.97 Å². The second-order valence-corrected chi connectivity index (χ2v) is 9.19. The molecule has 128 valence electrons. The Morgan fingerprint density at radius 1 is 1.43 bits per heavy atom. The smallest absolute Gasteiger partial charge is 0.308 e. The zero-order chi connectivity index (χ0) is 17.3. The number of ether oxygens (including phenoxy) is 1. The van der Waals surface area contributed by atoms with Crippen molar-refractivity contribution in [2.75, 3.05) is 6.61 Å². The molecule has 0 fully saturated rings. The van der Waals surface area contributed by atoms with E-state index in [0.717, 1.165) is 17.5 Å². The fourth-order valence-electron chi connectivity index (χ4n) is 2.89. The molecule has 6 heteroatoms. The molecule has 0 saturated heterocycles. The van der Waals surface area contributed by atoms with Crippen molar-refractivity contribution >= 4 is 28.6 Å². The topological polar surface area (TPSA) is 55.4 Å². The van der Waals surface area contributed by atoms with Crippen molar-refractivity contribution in [1.82, 2.24) is 4.72 Å². The van der Waals surface area contributed by atoms with Gasteiger partial charge in [0.1, 0.15) is 0 Å². The summed E-state index contributed by atoms with van der Waals surface area (Å²) in [5, 5.41) is 0.600. The normalized spacial score (nSPS) is 21.8. The first-order valence-corrected chi connectivity index (χ1v) is 9.35. The van der Waals surface area contributed by atoms with Gasteiger partial charge in [0.15, 0.2) is 0 Å². The highest BCUT2D eigenvalue weighted by atomic mass is 35.5. The Labute approximate surface area is 145 Å². The van der Waals surface area contributed by atoms with Crippen LogP contribution in [0.15, 0.2) is 18.2 Å². The van der Waals surface area contributed by atoms with Crippen LogP contribution >= 0.6 is 11.6 Å². The number of esters is 1. The Hall–Kier alpha value is -0.910. The first kappa shape index (κ1) is 18.4. The summed E-state index contributed by atoms with van der Waals surface area (Å²) in [7, 11) is -1.32. The number of rotatable bonds is 5. The number of carbonyl (C=O) groups is 1. The molecule has 1 N–H and O–H groups in total. The molecule has 23 heavy (non-hydrogen) atoms. The number of hydrogen-bond donors (Lipinski definition) is 1. The fraction of sp³-hybridized carbons (Fsp3) is 0.588. The van der Waals surface area contributed by atoms with Gasteiger partial charge in [-0.05, 0) is 57.7 Å². The van der Waals surface area contributed by atoms with Crippen molar-refractivity contribution in [3.05, 3.63) is 34.3 Å². The van der Waals surface area contributed by atoms with E-state index in [0.29, 0.717) is 18.1 Å². The zero-order valence-electron chi connectivity index (χ0n) is 14.1. The van der Waals surface area contributed by atoms with Gasteiger partial charge in [-0.25, -0.2) is 8.93 Å². The van der Waals surface area contributed by atoms with Crippen molar-refractivity contribution in [3.63, 3.8) is 0 Å². The Balaban J connectivity index is 2.43. The summed E-state index contributed by atoms with van der Waals surface area (Å²) in [6.45, 7) is 7.80. The van der Waals surface area contributed by atoms with Gasteiger partial charge < -0.3 is 4.74 Å². The molecule has 0 bridgehead atoms. The lowest BCUT2D eigenvalue weighted by atomic mass is 9.89. The molecule has 1 aliphatic rings. The van der Waals surface area contributed by atoms with Gasteiger partial charge in [-0.1, -0.05) is 23.7 Å². The van der Waals surface area contributed by atoms with Crippen molar-refractivity contribution in [2.24, 2.45) is 0 Å². The number of halogens is 1. The lowest BCUT2D eigenvalue weighted by Crippen LogP contribution is -2.48. The maximum atomic E-state index is 12.7. The van der Waals surface area contributed by atoms with Crippen LogP contribution in [0.4, 0.5) is 0 Å². The van der Waals surface area contributed by atoms with E-state index in [1.54, 1.807) is 6.92 Å². The minimum atomic E-state index is -1.32. The van der Waals surface area contributed by atoms with Crippen LogP contribution in [-0.4, -0.2) is 21.5 Å². The van der Waals surface area contributed by atoms with Crippen LogP contribution in [-0.2, 0) is 32.5 Å². The number of hydrogen-bond acceptors (Lipinski definition) is 3. The van der Waals surface area contributed by atoms with E-state index in [-0.39, 0.29) is 12.4 Å². The highest BCUT2D eigenvalue weighted by Gasteiger charge is 2.45. The largest absolute Gasteiger partial charge is 0.466 e. The fourth-order valence-corrected chi connectivity index (χ4v) is 4.20. The van der Waals surface area contributed by atoms with Crippen LogP contribution < -0.4 is 4.72 Å². The van der Waals surface area contributed by atoms with Crippen LogP contribution in [0.1, 0.15) is 51.7 Å². The van der Waals surface area contributed by atoms with Gasteiger partial charge in [0.25, 0.3) is 0 Å². The molecule has 0 radical (unpaired) electrons. The molecule has 0 heterocycles. The average molecular weight is 358 g/mol. The number of benzene rings is 1. The van der Waals surface area contributed by atoms with E-state index >= 15 is 0 Å². The predicted octanol–water partition coefficient (Wildman–Crippen LogP) is 3.49. The van der Waals surface area contributed by atoms with E-state index in [4.69, 9.17) is 16.3 Å². The Morgan fingerprint density at radius 2 is 2.13 bits per heavy atom. The first-order valence-electron chi connectivity index (χ1n) is 7.83. The summed E-state index contributed by atoms with van der Waals surface area (Å²) in [5.41, 5.74) is 1.24. The molecule has 1 aliphatic carbocycles. The van der Waals surface area contributed by atoms with Gasteiger partial charge in [0, 0.05) is 5.02 Å². The van der Waals surface area contributed by atoms with E-state index in [9.17, 15) is 9.00 Å². The predicted molar refractivity (Wildman–Crippen MR) is 93.7 cm³/mol. The molecule has 0 aromatic heterocycles. The summed E-state index contributed by atoms with van der Waals surface area (Å²) >= 11 is 6.42. The lowest BCUT2D eigenvalue weighted by Gasteiger charge is -2.34. The molecule has 0 aliphatic heterocycles. The highest BCUT2D eigenvalue weighted by molar-refractivity contribution is 7.84. The first-order chi connectivity index (χ1) is 10.7. The van der Waals surface area contributed by atoms with Gasteiger partial charge in [-0.15, -0.1) is 0 Å². The minimum Gasteiger partial charge on any atom is -0.466 e. The average Bonchev–Trinajstić information content (AvgIpc) is 2.78. The second-order valence-electron chi connectivity index (χ2n) is 6.82. The minimum absolute atomic E-state index is 0.124. The van der Waals surface area contributed by atoms with Gasteiger partial charge in [-0.2, -0.15) is 0 Å². The third kappa shape index (κ3) is 3.95. The van der Waals surface area contributed by atoms with E-state index in [2.05, 4.69) is 4.72 Å². The summed E-state index contributed by atoms with van der Waals surface area (Å²) in [6.07, 6.45) is 1.59. The molecule has 1 aromatic rings. The van der Waals surface area contributed by atoms with Crippen molar-refractivity contribution in [2.45, 2.75) is 57.2 Å². The zero-order valence-corrected chi connectivity index (χ0v) is 15.6. The molecule has 4 nitrogen and oxygen atoms in total. The van der Waals surface area contributed by atoms with Gasteiger partial charge in [0.2, 0.25) is 0 Å². The Kier molecular flexibility index (Phi) is 5.54. The van der Waals surface area contributed by atoms with E-state index in [1.165, 1.54) is 0 Å². The van der Waals surface area contributed by atoms with Crippen LogP contribution in [0.5, 0.6) is 0 Å². The summed E-state index contributed by atoms with van der Waals surface area (Å²) in [5.74, 6) is -0.307. The van der Waals surface area contributed by atoms with E-state index in [1.807, 2.05) is 39.0 Å². The van der Waals surface area contributed by atoms with Crippen molar-refractivity contribution in [1.29, 1.82) is 0 Å². The van der Waals surface area contributed by atoms with Crippen LogP contribution in [0, 0.1) is 0 Å². The van der Waals surface area contributed by atoms with Crippen molar-refractivity contribution in [3.8, 4) is 0 Å². The molecule has 2 atom stereocenters. The molecular weight excluding hydrogens is 334 g/mol. The molecule has 2 rings (SSSR count). The Morgan fingerprint density at radius 3 is 2.74 bits per heavy atom. The third-order valence-electron chi connectivity index (χ3n) is 4.00. The number of nitrogens with one attached hydrogen (secondary N) is 1. The maximum absolute atomic E-state index is 12.7. The lowest BCUT2D eigenvalue weighted by molar-refractivity contribution is -0.144. The number of carbonyl (C=O) groups excluding carboxylic acids is 1. The molecule has 0 spiro atoms. The van der Waals surface area contributed by atoms with Gasteiger partial charge in [-0.3, -0.25) is 4.79 Å². The number of fused-ring (bicyclic) bond motifs is 1. The molecule has 0 saturated carbocycles. The number of aryl methyl sites for hydroxylation is 1. The standard InChI is InChI=1S/C17H24ClNO3S/c1-5-22-14(20)11-17(19-23(21)16(2,3)4)10-9-12-7-6-8-13(18)15(12)17/h6-8,19H,5,9-11H2,1-4H3. The Bertz CT molecular complexity index is 627. The summed E-state index contributed by atoms with van der Waals surface area (Å²) in [4.78, 5) is 12.2. The quantitative estimate of drug-likeness (QED) is 0.821. The van der Waals surface area contributed by atoms with Crippen LogP contribution in [0.3, 0.4) is 0 Å². The second kappa shape index (κ2) is 6.91. The van der Waals surface area contributed by atoms with E-state index < -0.39 is 21.3 Å². The highest BCUT2D eigenvalue weighted by Crippen LogP contribution is 2.44.